The van der Waals surface area contributed by atoms with Gasteiger partial charge in [0.05, 0.1) is 6.04 Å². The van der Waals surface area contributed by atoms with Crippen LogP contribution in [0.4, 0.5) is 0 Å². The summed E-state index contributed by atoms with van der Waals surface area (Å²) in [5, 5.41) is 0. The number of pyridine rings is 1. The first-order chi connectivity index (χ1) is 12.5. The molecule has 0 bridgehead atoms. The molecule has 2 heterocycles. The van der Waals surface area contributed by atoms with E-state index in [0.29, 0.717) is 12.2 Å². The largest absolute Gasteiger partial charge is 0.340 e. The van der Waals surface area contributed by atoms with Gasteiger partial charge >= 0.3 is 0 Å². The van der Waals surface area contributed by atoms with Crippen LogP contribution in [0.25, 0.3) is 11.3 Å². The summed E-state index contributed by atoms with van der Waals surface area (Å²) >= 11 is 3.59. The molecule has 0 saturated carbocycles. The summed E-state index contributed by atoms with van der Waals surface area (Å²) in [6, 6.07) is 15.8. The van der Waals surface area contributed by atoms with Gasteiger partial charge in [-0.3, -0.25) is 9.78 Å². The molecule has 134 valence electrons. The Bertz CT molecular complexity index is 905. The minimum absolute atomic E-state index is 0.0182. The molecule has 0 aliphatic heterocycles. The van der Waals surface area contributed by atoms with Crippen LogP contribution in [0.5, 0.6) is 0 Å². The maximum atomic E-state index is 13.2. The first-order valence-corrected chi connectivity index (χ1v) is 9.45. The van der Waals surface area contributed by atoms with Crippen LogP contribution in [0.3, 0.4) is 0 Å². The van der Waals surface area contributed by atoms with Gasteiger partial charge in [-0.15, -0.1) is 0 Å². The third kappa shape index (κ3) is 3.44. The van der Waals surface area contributed by atoms with Crippen molar-refractivity contribution >= 4 is 21.8 Å². The first-order valence-electron chi connectivity index (χ1n) is 8.66. The molecule has 1 unspecified atom stereocenters. The van der Waals surface area contributed by atoms with Gasteiger partial charge in [-0.1, -0.05) is 40.2 Å². The van der Waals surface area contributed by atoms with Crippen LogP contribution in [0.15, 0.2) is 65.4 Å². The van der Waals surface area contributed by atoms with E-state index in [0.717, 1.165) is 21.3 Å². The molecule has 2 aromatic heterocycles. The molecule has 0 aliphatic carbocycles. The van der Waals surface area contributed by atoms with Gasteiger partial charge in [0.15, 0.2) is 0 Å². The van der Waals surface area contributed by atoms with Crippen molar-refractivity contribution in [3.63, 3.8) is 0 Å². The molecule has 0 aliphatic rings. The number of hydrogen-bond acceptors (Lipinski definition) is 2. The molecule has 0 fully saturated rings. The summed E-state index contributed by atoms with van der Waals surface area (Å²) in [7, 11) is 1.94. The Balaban J connectivity index is 1.93. The molecule has 4 nitrogen and oxygen atoms in total. The zero-order chi connectivity index (χ0) is 18.7. The van der Waals surface area contributed by atoms with Gasteiger partial charge < -0.3 is 9.47 Å². The minimum atomic E-state index is -0.0389. The van der Waals surface area contributed by atoms with Gasteiger partial charge in [-0.2, -0.15) is 0 Å². The van der Waals surface area contributed by atoms with Crippen LogP contribution in [-0.2, 0) is 7.05 Å². The zero-order valence-corrected chi connectivity index (χ0v) is 16.8. The highest BCUT2D eigenvalue weighted by atomic mass is 79.9. The van der Waals surface area contributed by atoms with Crippen molar-refractivity contribution in [3.05, 3.63) is 76.7 Å². The van der Waals surface area contributed by atoms with E-state index in [1.807, 2.05) is 85.1 Å². The average molecular weight is 412 g/mol. The predicted molar refractivity (Wildman–Crippen MR) is 108 cm³/mol. The monoisotopic (exact) mass is 411 g/mol. The molecule has 3 rings (SSSR count). The number of carbonyl (C=O) groups excluding carboxylic acids is 1. The molecule has 26 heavy (non-hydrogen) atoms. The van der Waals surface area contributed by atoms with Crippen molar-refractivity contribution in [3.8, 4) is 11.3 Å². The highest BCUT2D eigenvalue weighted by Crippen LogP contribution is 2.30. The molecule has 5 heteroatoms. The normalized spacial score (nSPS) is 12.0. The molecule has 0 radical (unpaired) electrons. The molecule has 0 saturated heterocycles. The molecule has 0 spiro atoms. The molecule has 1 amide bonds. The lowest BCUT2D eigenvalue weighted by Crippen LogP contribution is -2.34. The smallest absolute Gasteiger partial charge is 0.270 e. The highest BCUT2D eigenvalue weighted by Gasteiger charge is 2.24. The lowest BCUT2D eigenvalue weighted by Gasteiger charge is -2.28. The van der Waals surface area contributed by atoms with Crippen molar-refractivity contribution in [2.24, 2.45) is 7.05 Å². The van der Waals surface area contributed by atoms with Crippen molar-refractivity contribution in [1.29, 1.82) is 0 Å². The minimum Gasteiger partial charge on any atom is -0.340 e. The quantitative estimate of drug-likeness (QED) is 0.587. The van der Waals surface area contributed by atoms with Crippen molar-refractivity contribution < 1.29 is 4.79 Å². The van der Waals surface area contributed by atoms with Gasteiger partial charge in [0.1, 0.15) is 5.69 Å². The fraction of sp³-hybridized carbons (Fsp3) is 0.238. The van der Waals surface area contributed by atoms with Gasteiger partial charge in [0, 0.05) is 41.7 Å². The molecule has 3 aromatic rings. The van der Waals surface area contributed by atoms with E-state index >= 15 is 0 Å². The second kappa shape index (κ2) is 7.87. The van der Waals surface area contributed by atoms with Crippen LogP contribution in [0.2, 0.25) is 0 Å². The summed E-state index contributed by atoms with van der Waals surface area (Å²) in [5.41, 5.74) is 3.78. The summed E-state index contributed by atoms with van der Waals surface area (Å²) in [5.74, 6) is 0.0182. The Morgan fingerprint density at radius 1 is 1.19 bits per heavy atom. The fourth-order valence-electron chi connectivity index (χ4n) is 3.21. The number of carbonyl (C=O) groups is 1. The number of nitrogens with zero attached hydrogens (tertiary/aromatic N) is 3. The SMILES string of the molecule is CCN(C(=O)c1ccc(-c2ccccc2Br)n1C)C(C)c1cccnc1. The van der Waals surface area contributed by atoms with Gasteiger partial charge in [0.2, 0.25) is 0 Å². The van der Waals surface area contributed by atoms with E-state index in [-0.39, 0.29) is 11.9 Å². The number of aromatic nitrogens is 2. The molecular formula is C21H22BrN3O. The van der Waals surface area contributed by atoms with Gasteiger partial charge in [-0.25, -0.2) is 0 Å². The molecule has 0 N–H and O–H groups in total. The Kier molecular flexibility index (Phi) is 5.57. The standard InChI is InChI=1S/C21H22BrN3O/c1-4-25(15(2)16-8-7-13-23-14-16)21(26)20-12-11-19(24(20)3)17-9-5-6-10-18(17)22/h5-15H,4H2,1-3H3. The number of benzene rings is 1. The topological polar surface area (TPSA) is 38.1 Å². The van der Waals surface area contributed by atoms with Crippen LogP contribution in [-0.4, -0.2) is 26.9 Å². The van der Waals surface area contributed by atoms with E-state index < -0.39 is 0 Å². The fourth-order valence-corrected chi connectivity index (χ4v) is 3.70. The molecular weight excluding hydrogens is 390 g/mol. The van der Waals surface area contributed by atoms with E-state index in [1.54, 1.807) is 6.20 Å². The van der Waals surface area contributed by atoms with E-state index in [9.17, 15) is 4.79 Å². The third-order valence-corrected chi connectivity index (χ3v) is 5.42. The van der Waals surface area contributed by atoms with Gasteiger partial charge in [-0.05, 0) is 43.7 Å². The zero-order valence-electron chi connectivity index (χ0n) is 15.2. The Hall–Kier alpha value is -2.40. The Morgan fingerprint density at radius 2 is 1.96 bits per heavy atom. The maximum absolute atomic E-state index is 13.2. The van der Waals surface area contributed by atoms with Crippen LogP contribution in [0, 0.1) is 0 Å². The Labute approximate surface area is 162 Å². The number of halogens is 1. The second-order valence-electron chi connectivity index (χ2n) is 6.20. The first kappa shape index (κ1) is 18.4. The number of hydrogen-bond donors (Lipinski definition) is 0. The maximum Gasteiger partial charge on any atom is 0.270 e. The summed E-state index contributed by atoms with van der Waals surface area (Å²) in [6.07, 6.45) is 3.56. The second-order valence-corrected chi connectivity index (χ2v) is 7.05. The Morgan fingerprint density at radius 3 is 2.62 bits per heavy atom. The molecule has 1 aromatic carbocycles. The summed E-state index contributed by atoms with van der Waals surface area (Å²) in [6.45, 7) is 4.67. The lowest BCUT2D eigenvalue weighted by molar-refractivity contribution is 0.0692. The summed E-state index contributed by atoms with van der Waals surface area (Å²) in [4.78, 5) is 19.3. The average Bonchev–Trinajstić information content (AvgIpc) is 3.04. The van der Waals surface area contributed by atoms with Crippen LogP contribution >= 0.6 is 15.9 Å². The number of amides is 1. The third-order valence-electron chi connectivity index (χ3n) is 4.73. The molecule has 1 atom stereocenters. The van der Waals surface area contributed by atoms with Crippen LogP contribution in [0.1, 0.15) is 35.9 Å². The van der Waals surface area contributed by atoms with Crippen molar-refractivity contribution in [2.75, 3.05) is 6.54 Å². The highest BCUT2D eigenvalue weighted by molar-refractivity contribution is 9.10. The lowest BCUT2D eigenvalue weighted by atomic mass is 10.1. The predicted octanol–water partition coefficient (Wildman–Crippen LogP) is 5.07. The van der Waals surface area contributed by atoms with Gasteiger partial charge in [0.25, 0.3) is 5.91 Å². The van der Waals surface area contributed by atoms with E-state index in [4.69, 9.17) is 0 Å². The van der Waals surface area contributed by atoms with E-state index in [1.165, 1.54) is 0 Å². The van der Waals surface area contributed by atoms with Crippen LogP contribution < -0.4 is 0 Å². The summed E-state index contributed by atoms with van der Waals surface area (Å²) < 4.78 is 2.97. The van der Waals surface area contributed by atoms with Crippen molar-refractivity contribution in [2.45, 2.75) is 19.9 Å². The van der Waals surface area contributed by atoms with E-state index in [2.05, 4.69) is 20.9 Å². The van der Waals surface area contributed by atoms with Crippen molar-refractivity contribution in [1.82, 2.24) is 14.5 Å². The number of rotatable bonds is 5.